The first-order valence-electron chi connectivity index (χ1n) is 9.01. The number of fused-ring (bicyclic) bond motifs is 2. The SMILES string of the molecule is CCn1c(SCCC(C)C)nc2nc3c(cc2c1=O)COC(C)(C)C3. The Morgan fingerprint density at radius 2 is 2.12 bits per heavy atom. The largest absolute Gasteiger partial charge is 0.370 e. The average Bonchev–Trinajstić information content (AvgIpc) is 2.52. The molecule has 3 rings (SSSR count). The van der Waals surface area contributed by atoms with Gasteiger partial charge < -0.3 is 4.74 Å². The summed E-state index contributed by atoms with van der Waals surface area (Å²) in [4.78, 5) is 22.4. The molecular weight excluding hydrogens is 334 g/mol. The van der Waals surface area contributed by atoms with Gasteiger partial charge in [-0.15, -0.1) is 0 Å². The number of ether oxygens (including phenoxy) is 1. The van der Waals surface area contributed by atoms with E-state index in [2.05, 4.69) is 27.7 Å². The van der Waals surface area contributed by atoms with Crippen LogP contribution in [0.4, 0.5) is 0 Å². The zero-order valence-electron chi connectivity index (χ0n) is 15.8. The van der Waals surface area contributed by atoms with Crippen molar-refractivity contribution in [3.8, 4) is 0 Å². The minimum atomic E-state index is -0.221. The van der Waals surface area contributed by atoms with E-state index in [0.717, 1.165) is 35.0 Å². The molecule has 25 heavy (non-hydrogen) atoms. The molecule has 2 aromatic rings. The van der Waals surface area contributed by atoms with Crippen LogP contribution in [0.2, 0.25) is 0 Å². The van der Waals surface area contributed by atoms with Gasteiger partial charge in [0.05, 0.1) is 23.3 Å². The fraction of sp³-hybridized carbons (Fsp3) is 0.632. The van der Waals surface area contributed by atoms with Crippen molar-refractivity contribution < 1.29 is 4.74 Å². The monoisotopic (exact) mass is 361 g/mol. The molecule has 6 heteroatoms. The van der Waals surface area contributed by atoms with E-state index in [1.807, 2.05) is 13.0 Å². The second-order valence-electron chi connectivity index (χ2n) is 7.67. The summed E-state index contributed by atoms with van der Waals surface area (Å²) in [5.41, 5.74) is 2.36. The van der Waals surface area contributed by atoms with Crippen LogP contribution in [0.3, 0.4) is 0 Å². The minimum Gasteiger partial charge on any atom is -0.370 e. The van der Waals surface area contributed by atoms with Gasteiger partial charge in [0.1, 0.15) is 0 Å². The molecule has 0 radical (unpaired) electrons. The molecule has 2 aromatic heterocycles. The smallest absolute Gasteiger partial charge is 0.263 e. The van der Waals surface area contributed by atoms with Gasteiger partial charge in [0, 0.05) is 24.3 Å². The van der Waals surface area contributed by atoms with Gasteiger partial charge in [-0.2, -0.15) is 0 Å². The molecule has 1 aliphatic heterocycles. The normalized spacial score (nSPS) is 16.4. The Bertz CT molecular complexity index is 843. The number of aromatic nitrogens is 3. The molecule has 1 aliphatic rings. The zero-order valence-corrected chi connectivity index (χ0v) is 16.6. The number of thioether (sulfide) groups is 1. The number of pyridine rings is 1. The Kier molecular flexibility index (Phi) is 5.21. The molecule has 0 amide bonds. The lowest BCUT2D eigenvalue weighted by Crippen LogP contribution is -2.33. The second-order valence-corrected chi connectivity index (χ2v) is 8.73. The molecule has 0 aromatic carbocycles. The summed E-state index contributed by atoms with van der Waals surface area (Å²) in [7, 11) is 0. The van der Waals surface area contributed by atoms with Gasteiger partial charge in [0.15, 0.2) is 10.8 Å². The highest BCUT2D eigenvalue weighted by Crippen LogP contribution is 2.28. The molecule has 136 valence electrons. The number of nitrogens with zero attached hydrogens (tertiary/aromatic N) is 3. The molecule has 0 N–H and O–H groups in total. The van der Waals surface area contributed by atoms with Crippen molar-refractivity contribution in [3.63, 3.8) is 0 Å². The quantitative estimate of drug-likeness (QED) is 0.599. The third-order valence-corrected chi connectivity index (χ3v) is 5.54. The Morgan fingerprint density at radius 1 is 1.36 bits per heavy atom. The summed E-state index contributed by atoms with van der Waals surface area (Å²) < 4.78 is 7.62. The maximum absolute atomic E-state index is 12.9. The van der Waals surface area contributed by atoms with Crippen LogP contribution < -0.4 is 5.56 Å². The van der Waals surface area contributed by atoms with Crippen molar-refractivity contribution in [2.24, 2.45) is 5.92 Å². The van der Waals surface area contributed by atoms with E-state index in [-0.39, 0.29) is 11.2 Å². The molecule has 0 spiro atoms. The van der Waals surface area contributed by atoms with Gasteiger partial charge in [0.2, 0.25) is 0 Å². The van der Waals surface area contributed by atoms with Crippen LogP contribution >= 0.6 is 11.8 Å². The van der Waals surface area contributed by atoms with Crippen LogP contribution in [0.15, 0.2) is 16.0 Å². The molecule has 0 aliphatic carbocycles. The lowest BCUT2D eigenvalue weighted by Gasteiger charge is -2.31. The van der Waals surface area contributed by atoms with E-state index in [1.165, 1.54) is 0 Å². The molecular formula is C19H27N3O2S. The number of hydrogen-bond acceptors (Lipinski definition) is 5. The van der Waals surface area contributed by atoms with Crippen LogP contribution in [-0.2, 0) is 24.3 Å². The Hall–Kier alpha value is -1.40. The summed E-state index contributed by atoms with van der Waals surface area (Å²) in [5.74, 6) is 1.60. The molecule has 3 heterocycles. The van der Waals surface area contributed by atoms with Gasteiger partial charge in [-0.1, -0.05) is 25.6 Å². The van der Waals surface area contributed by atoms with Crippen molar-refractivity contribution in [1.29, 1.82) is 0 Å². The zero-order chi connectivity index (χ0) is 18.2. The Labute approximate surface area is 153 Å². The summed E-state index contributed by atoms with van der Waals surface area (Å²) >= 11 is 1.65. The molecule has 0 bridgehead atoms. The lowest BCUT2D eigenvalue weighted by molar-refractivity contribution is -0.0411. The maximum atomic E-state index is 12.9. The van der Waals surface area contributed by atoms with Crippen LogP contribution in [0, 0.1) is 5.92 Å². The van der Waals surface area contributed by atoms with Gasteiger partial charge in [-0.25, -0.2) is 9.97 Å². The third kappa shape index (κ3) is 3.90. The predicted octanol–water partition coefficient (Wildman–Crippen LogP) is 3.80. The molecule has 0 atom stereocenters. The highest BCUT2D eigenvalue weighted by atomic mass is 32.2. The maximum Gasteiger partial charge on any atom is 0.263 e. The van der Waals surface area contributed by atoms with Crippen molar-refractivity contribution in [2.45, 2.75) is 71.4 Å². The minimum absolute atomic E-state index is 0.000296. The van der Waals surface area contributed by atoms with E-state index < -0.39 is 0 Å². The fourth-order valence-corrected chi connectivity index (χ4v) is 4.28. The van der Waals surface area contributed by atoms with Crippen LogP contribution in [-0.4, -0.2) is 25.9 Å². The molecule has 0 unspecified atom stereocenters. The first-order valence-corrected chi connectivity index (χ1v) is 9.99. The molecule has 0 fully saturated rings. The van der Waals surface area contributed by atoms with Crippen molar-refractivity contribution in [2.75, 3.05) is 5.75 Å². The number of hydrogen-bond donors (Lipinski definition) is 0. The van der Waals surface area contributed by atoms with E-state index in [0.29, 0.717) is 30.1 Å². The predicted molar refractivity (Wildman–Crippen MR) is 102 cm³/mol. The lowest BCUT2D eigenvalue weighted by atomic mass is 9.95. The van der Waals surface area contributed by atoms with Gasteiger partial charge in [-0.05, 0) is 39.2 Å². The highest BCUT2D eigenvalue weighted by molar-refractivity contribution is 7.99. The van der Waals surface area contributed by atoms with Gasteiger partial charge in [0.25, 0.3) is 5.56 Å². The second kappa shape index (κ2) is 7.08. The van der Waals surface area contributed by atoms with Crippen LogP contribution in [0.25, 0.3) is 11.0 Å². The van der Waals surface area contributed by atoms with Crippen LogP contribution in [0.5, 0.6) is 0 Å². The Morgan fingerprint density at radius 3 is 2.80 bits per heavy atom. The summed E-state index contributed by atoms with van der Waals surface area (Å²) in [6.45, 7) is 11.7. The standard InChI is InChI=1S/C19H27N3O2S/c1-6-22-17(23)14-9-13-11-24-19(4,5)10-15(13)20-16(14)21-18(22)25-8-7-12(2)3/h9,12H,6-8,10-11H2,1-5H3. The molecule has 0 saturated carbocycles. The summed E-state index contributed by atoms with van der Waals surface area (Å²) in [6.07, 6.45) is 1.85. The third-order valence-electron chi connectivity index (χ3n) is 4.53. The average molecular weight is 362 g/mol. The topological polar surface area (TPSA) is 57.0 Å². The Balaban J connectivity index is 2.05. The van der Waals surface area contributed by atoms with Crippen LogP contribution in [0.1, 0.15) is 52.3 Å². The molecule has 0 saturated heterocycles. The highest BCUT2D eigenvalue weighted by Gasteiger charge is 2.28. The summed E-state index contributed by atoms with van der Waals surface area (Å²) in [6, 6.07) is 1.93. The fourth-order valence-electron chi connectivity index (χ4n) is 2.99. The van der Waals surface area contributed by atoms with E-state index >= 15 is 0 Å². The first kappa shape index (κ1) is 18.4. The van der Waals surface area contributed by atoms with E-state index in [4.69, 9.17) is 14.7 Å². The van der Waals surface area contributed by atoms with Crippen molar-refractivity contribution >= 4 is 22.8 Å². The van der Waals surface area contributed by atoms with Crippen molar-refractivity contribution in [1.82, 2.24) is 14.5 Å². The van der Waals surface area contributed by atoms with Gasteiger partial charge in [-0.3, -0.25) is 9.36 Å². The van der Waals surface area contributed by atoms with Gasteiger partial charge >= 0.3 is 0 Å². The summed E-state index contributed by atoms with van der Waals surface area (Å²) in [5, 5.41) is 1.37. The number of rotatable bonds is 5. The van der Waals surface area contributed by atoms with Crippen molar-refractivity contribution in [3.05, 3.63) is 27.7 Å². The molecule has 5 nitrogen and oxygen atoms in total. The van der Waals surface area contributed by atoms with E-state index in [9.17, 15) is 4.79 Å². The van der Waals surface area contributed by atoms with E-state index in [1.54, 1.807) is 16.3 Å². The first-order chi connectivity index (χ1) is 11.8.